The first kappa shape index (κ1) is 35.7. The van der Waals surface area contributed by atoms with Crippen LogP contribution in [0.2, 0.25) is 0 Å². The highest BCUT2D eigenvalue weighted by Crippen LogP contribution is 2.53. The van der Waals surface area contributed by atoms with Gasteiger partial charge in [-0.25, -0.2) is 14.2 Å². The third-order valence-electron chi connectivity index (χ3n) is 3.96. The number of ether oxygens (including phenoxy) is 2. The lowest BCUT2D eigenvalue weighted by atomic mass is 10.3. The minimum Gasteiger partial charge on any atom is -0.462 e. The highest BCUT2D eigenvalue weighted by molar-refractivity contribution is 9.13. The number of phosphoric ester groups is 1. The van der Waals surface area contributed by atoms with Gasteiger partial charge in [-0.1, -0.05) is 39.1 Å². The zero-order valence-electron chi connectivity index (χ0n) is 20.4. The predicted molar refractivity (Wildman–Crippen MR) is 136 cm³/mol. The maximum absolute atomic E-state index is 11.5. The zero-order valence-corrected chi connectivity index (χ0v) is 26.0. The highest BCUT2D eigenvalue weighted by atomic mass is 79.9. The Bertz CT molecular complexity index is 611. The molecule has 1 atom stereocenters. The summed E-state index contributed by atoms with van der Waals surface area (Å²) >= 11 is 17.0. The number of halogens is 4. The molecule has 0 radical (unpaired) electrons. The zero-order chi connectivity index (χ0) is 26.5. The van der Waals surface area contributed by atoms with Crippen LogP contribution < -0.4 is 0 Å². The lowest BCUT2D eigenvalue weighted by molar-refractivity contribution is -0.939. The van der Waals surface area contributed by atoms with Gasteiger partial charge in [-0.2, -0.15) is 0 Å². The molecule has 33 heavy (non-hydrogen) atoms. The molecule has 0 saturated carbocycles. The molecule has 0 aliphatic carbocycles. The molecule has 0 heterocycles. The Kier molecular flexibility index (Phi) is 17.6. The second-order valence-corrected chi connectivity index (χ2v) is 14.2. The minimum absolute atomic E-state index is 0.187. The molecule has 0 bridgehead atoms. The van der Waals surface area contributed by atoms with Crippen LogP contribution in [0.4, 0.5) is 0 Å². The summed E-state index contributed by atoms with van der Waals surface area (Å²) in [6, 6.07) is 0. The van der Waals surface area contributed by atoms with E-state index in [0.29, 0.717) is 35.3 Å². The van der Waals surface area contributed by atoms with Gasteiger partial charge in [0, 0.05) is 14.2 Å². The van der Waals surface area contributed by atoms with Gasteiger partial charge in [-0.05, 0) is 29.8 Å². The average Bonchev–Trinajstić information content (AvgIpc) is 2.66. The van der Waals surface area contributed by atoms with Gasteiger partial charge in [0.15, 0.2) is 18.1 Å². The van der Waals surface area contributed by atoms with Gasteiger partial charge in [-0.15, -0.1) is 0 Å². The van der Waals surface area contributed by atoms with Gasteiger partial charge in [0.1, 0.15) is 13.1 Å². The molecule has 0 spiro atoms. The molecule has 0 aromatic heterocycles. The van der Waals surface area contributed by atoms with E-state index in [1.54, 1.807) is 13.8 Å². The lowest BCUT2D eigenvalue weighted by Crippen LogP contribution is -2.54. The van der Waals surface area contributed by atoms with Crippen molar-refractivity contribution in [1.82, 2.24) is 0 Å². The van der Waals surface area contributed by atoms with Crippen molar-refractivity contribution in [1.29, 1.82) is 0 Å². The number of phosphoric acid groups is 1. The Morgan fingerprint density at radius 1 is 0.909 bits per heavy atom. The van der Waals surface area contributed by atoms with Crippen molar-refractivity contribution in [2.75, 3.05) is 81.8 Å². The molecule has 0 aliphatic heterocycles. The summed E-state index contributed by atoms with van der Waals surface area (Å²) in [5.74, 6) is -0.374. The molecule has 0 saturated heterocycles. The van der Waals surface area contributed by atoms with E-state index in [1.165, 1.54) is 14.2 Å². The molecule has 15 heteroatoms. The van der Waals surface area contributed by atoms with E-state index in [2.05, 4.69) is 40.9 Å². The molecule has 1 unspecified atom stereocenters. The summed E-state index contributed by atoms with van der Waals surface area (Å²) in [6.45, 7) is 6.66. The van der Waals surface area contributed by atoms with Crippen LogP contribution in [-0.4, -0.2) is 111 Å². The topological polar surface area (TPSA) is 97.4 Å². The van der Waals surface area contributed by atoms with Crippen molar-refractivity contribution in [3.05, 3.63) is 0 Å². The van der Waals surface area contributed by atoms with E-state index in [0.717, 1.165) is 13.1 Å². The fourth-order valence-corrected chi connectivity index (χ4v) is 3.92. The monoisotopic (exact) mass is 668 g/mol. The van der Waals surface area contributed by atoms with E-state index >= 15 is 0 Å². The number of nitrogens with zero attached hydrogens (tertiary/aromatic N) is 2. The number of quaternary nitrogens is 2. The first-order valence-corrected chi connectivity index (χ1v) is 13.9. The number of hydrogen-bond donors (Lipinski definition) is 0. The van der Waals surface area contributed by atoms with Crippen LogP contribution >= 0.6 is 62.9 Å². The fraction of sp³-hybridized carbons (Fsp3) is 0.889. The summed E-state index contributed by atoms with van der Waals surface area (Å²) in [6.07, 6.45) is 0. The molecular formula is C18H37Br2Cl2N2O8P+2. The number of carbonyl (C=O) groups is 2. The number of rotatable bonds is 14. The summed E-state index contributed by atoms with van der Waals surface area (Å²) < 4.78 is 34.8. The smallest absolute Gasteiger partial charge is 0.462 e. The second-order valence-electron chi connectivity index (χ2n) is 8.02. The van der Waals surface area contributed by atoms with E-state index in [9.17, 15) is 14.2 Å². The maximum Gasteiger partial charge on any atom is 0.475 e. The van der Waals surface area contributed by atoms with Gasteiger partial charge < -0.3 is 18.4 Å². The summed E-state index contributed by atoms with van der Waals surface area (Å²) in [4.78, 5) is 23.1. The molecule has 198 valence electrons. The van der Waals surface area contributed by atoms with Crippen molar-refractivity contribution in [3.63, 3.8) is 0 Å². The van der Waals surface area contributed by atoms with Crippen LogP contribution in [0, 0.1) is 0 Å². The third kappa shape index (κ3) is 18.4. The standard InChI is InChI=1S/C14H30N2O4.C4H7Br2Cl2O4P/c1-7-19-13(17)11-15(3,4)9-10-16(5,6)12-14(18)20-8-2;1-10-13(9,11-2)12-3(5)4(6,7)8/h7-12H2,1-6H3;3H,1-2H3/q+2;. The van der Waals surface area contributed by atoms with E-state index in [-0.39, 0.29) is 11.9 Å². The maximum atomic E-state index is 11.5. The van der Waals surface area contributed by atoms with Gasteiger partial charge in [0.25, 0.3) is 0 Å². The first-order valence-electron chi connectivity index (χ1n) is 9.93. The molecule has 0 rings (SSSR count). The van der Waals surface area contributed by atoms with Crippen LogP contribution in [0.5, 0.6) is 0 Å². The van der Waals surface area contributed by atoms with Crippen LogP contribution in [0.25, 0.3) is 0 Å². The predicted octanol–water partition coefficient (Wildman–Crippen LogP) is 3.92. The molecule has 0 N–H and O–H groups in total. The largest absolute Gasteiger partial charge is 0.475 e. The van der Waals surface area contributed by atoms with Gasteiger partial charge in [0.05, 0.1) is 41.4 Å². The lowest BCUT2D eigenvalue weighted by Gasteiger charge is -2.34. The van der Waals surface area contributed by atoms with Gasteiger partial charge in [0.2, 0.25) is 3.24 Å². The normalized spacial score (nSPS) is 13.6. The van der Waals surface area contributed by atoms with Crippen molar-refractivity contribution in [3.8, 4) is 0 Å². The molecule has 0 amide bonds. The molecule has 10 nitrogen and oxygen atoms in total. The number of likely N-dealkylation sites (N-methyl/N-ethyl adjacent to an activating group) is 2. The Morgan fingerprint density at radius 3 is 1.48 bits per heavy atom. The highest BCUT2D eigenvalue weighted by Gasteiger charge is 2.38. The molecule has 0 aromatic carbocycles. The molecular weight excluding hydrogens is 634 g/mol. The van der Waals surface area contributed by atoms with Crippen molar-refractivity contribution < 1.29 is 46.2 Å². The van der Waals surface area contributed by atoms with Gasteiger partial charge >= 0.3 is 19.8 Å². The van der Waals surface area contributed by atoms with E-state index in [1.807, 2.05) is 28.2 Å². The fourth-order valence-electron chi connectivity index (χ4n) is 2.15. The van der Waals surface area contributed by atoms with Crippen LogP contribution in [0.3, 0.4) is 0 Å². The molecule has 0 aliphatic rings. The minimum atomic E-state index is -3.58. The SMILES string of the molecule is CCOC(=O)C[N+](C)(C)CC[N+](C)(C)CC(=O)OCC.COP(=O)(OC)OC(Br)C(Cl)(Cl)Br. The number of carbonyl (C=O) groups excluding carboxylic acids is 2. The third-order valence-corrected chi connectivity index (χ3v) is 8.44. The summed E-state index contributed by atoms with van der Waals surface area (Å²) in [5.41, 5.74) is 0. The Hall–Kier alpha value is 0.510. The van der Waals surface area contributed by atoms with Crippen molar-refractivity contribution in [2.24, 2.45) is 0 Å². The second kappa shape index (κ2) is 16.3. The van der Waals surface area contributed by atoms with E-state index < -0.39 is 16.1 Å². The Morgan fingerprint density at radius 2 is 1.24 bits per heavy atom. The van der Waals surface area contributed by atoms with Gasteiger partial charge in [-0.3, -0.25) is 13.6 Å². The molecule has 0 aromatic rings. The number of alkyl halides is 4. The quantitative estimate of drug-likeness (QED) is 0.119. The van der Waals surface area contributed by atoms with Crippen molar-refractivity contribution >= 4 is 74.8 Å². The first-order chi connectivity index (χ1) is 14.9. The number of esters is 2. The van der Waals surface area contributed by atoms with Crippen LogP contribution in [0.15, 0.2) is 0 Å². The van der Waals surface area contributed by atoms with E-state index in [4.69, 9.17) is 37.2 Å². The average molecular weight is 671 g/mol. The summed E-state index contributed by atoms with van der Waals surface area (Å²) in [7, 11) is 6.74. The van der Waals surface area contributed by atoms with Crippen molar-refractivity contribution in [2.45, 2.75) is 22.1 Å². The van der Waals surface area contributed by atoms with Crippen LogP contribution in [0.1, 0.15) is 13.8 Å². The molecule has 0 fully saturated rings. The van der Waals surface area contributed by atoms with Crippen LogP contribution in [-0.2, 0) is 37.2 Å². The summed E-state index contributed by atoms with van der Waals surface area (Å²) in [5, 5.41) is -0.936. The Balaban J connectivity index is 0. The number of hydrogen-bond acceptors (Lipinski definition) is 8. The Labute approximate surface area is 224 Å².